The van der Waals surface area contributed by atoms with Gasteiger partial charge in [0, 0.05) is 12.1 Å². The van der Waals surface area contributed by atoms with E-state index in [0.29, 0.717) is 17.8 Å². The second kappa shape index (κ2) is 5.85. The van der Waals surface area contributed by atoms with Gasteiger partial charge in [-0.25, -0.2) is 4.39 Å². The monoisotopic (exact) mass is 269 g/mol. The van der Waals surface area contributed by atoms with Crippen LogP contribution in [-0.4, -0.2) is 5.91 Å². The smallest absolute Gasteiger partial charge is 0.248 e. The van der Waals surface area contributed by atoms with Gasteiger partial charge in [-0.05, 0) is 29.8 Å². The Kier molecular flexibility index (Phi) is 3.96. The molecule has 3 N–H and O–H groups in total. The largest absolute Gasteiger partial charge is 0.380 e. The third kappa shape index (κ3) is 2.93. The van der Waals surface area contributed by atoms with Gasteiger partial charge in [-0.2, -0.15) is 5.26 Å². The minimum absolute atomic E-state index is 0.0291. The topological polar surface area (TPSA) is 78.9 Å². The lowest BCUT2D eigenvalue weighted by Gasteiger charge is -2.09. The van der Waals surface area contributed by atoms with Crippen LogP contribution in [0.15, 0.2) is 42.5 Å². The molecule has 0 radical (unpaired) electrons. The van der Waals surface area contributed by atoms with Gasteiger partial charge in [0.2, 0.25) is 5.91 Å². The van der Waals surface area contributed by atoms with E-state index in [4.69, 9.17) is 11.0 Å². The van der Waals surface area contributed by atoms with Crippen molar-refractivity contribution < 1.29 is 9.18 Å². The predicted molar refractivity (Wildman–Crippen MR) is 73.4 cm³/mol. The van der Waals surface area contributed by atoms with Crippen molar-refractivity contribution in [3.8, 4) is 6.07 Å². The number of benzene rings is 2. The molecule has 4 nitrogen and oxygen atoms in total. The Morgan fingerprint density at radius 2 is 2.05 bits per heavy atom. The number of hydrogen-bond acceptors (Lipinski definition) is 3. The van der Waals surface area contributed by atoms with Crippen LogP contribution in [0.1, 0.15) is 21.5 Å². The Labute approximate surface area is 115 Å². The third-order valence-corrected chi connectivity index (χ3v) is 2.82. The number of anilines is 1. The van der Waals surface area contributed by atoms with Crippen LogP contribution in [0.2, 0.25) is 0 Å². The van der Waals surface area contributed by atoms with E-state index < -0.39 is 11.7 Å². The van der Waals surface area contributed by atoms with Crippen LogP contribution >= 0.6 is 0 Å². The molecule has 0 aliphatic rings. The molecule has 100 valence electrons. The first-order valence-electron chi connectivity index (χ1n) is 5.93. The molecular weight excluding hydrogens is 257 g/mol. The zero-order chi connectivity index (χ0) is 14.5. The van der Waals surface area contributed by atoms with Crippen molar-refractivity contribution >= 4 is 11.6 Å². The zero-order valence-electron chi connectivity index (χ0n) is 10.6. The maximum Gasteiger partial charge on any atom is 0.248 e. The molecule has 0 fully saturated rings. The molecule has 0 saturated carbocycles. The molecule has 0 heterocycles. The normalized spacial score (nSPS) is 9.80. The van der Waals surface area contributed by atoms with E-state index in [0.717, 1.165) is 5.56 Å². The number of nitrogens with one attached hydrogen (secondary N) is 1. The molecular formula is C15H12FN3O. The van der Waals surface area contributed by atoms with Gasteiger partial charge >= 0.3 is 0 Å². The van der Waals surface area contributed by atoms with Gasteiger partial charge in [-0.1, -0.05) is 18.2 Å². The molecule has 0 unspecified atom stereocenters. The highest BCUT2D eigenvalue weighted by atomic mass is 19.1. The lowest BCUT2D eigenvalue weighted by atomic mass is 10.1. The van der Waals surface area contributed by atoms with E-state index in [1.54, 1.807) is 24.3 Å². The first-order chi connectivity index (χ1) is 9.61. The van der Waals surface area contributed by atoms with Crippen LogP contribution in [0.5, 0.6) is 0 Å². The van der Waals surface area contributed by atoms with Crippen LogP contribution < -0.4 is 11.1 Å². The number of rotatable bonds is 4. The molecule has 0 aromatic heterocycles. The zero-order valence-corrected chi connectivity index (χ0v) is 10.6. The SMILES string of the molecule is N#Cc1c(F)cccc1NCc1cccc(C(N)=O)c1. The molecule has 20 heavy (non-hydrogen) atoms. The summed E-state index contributed by atoms with van der Waals surface area (Å²) in [6.45, 7) is 0.360. The van der Waals surface area contributed by atoms with Crippen LogP contribution in [0.25, 0.3) is 0 Å². The summed E-state index contributed by atoms with van der Waals surface area (Å²) in [6, 6.07) is 13.0. The number of amides is 1. The Morgan fingerprint density at radius 1 is 1.30 bits per heavy atom. The molecule has 0 bridgehead atoms. The fraction of sp³-hybridized carbons (Fsp3) is 0.0667. The van der Waals surface area contributed by atoms with Gasteiger partial charge in [-0.15, -0.1) is 0 Å². The summed E-state index contributed by atoms with van der Waals surface area (Å²) >= 11 is 0. The van der Waals surface area contributed by atoms with Gasteiger partial charge in [0.15, 0.2) is 0 Å². The number of primary amides is 1. The van der Waals surface area contributed by atoms with Crippen molar-refractivity contribution in [2.24, 2.45) is 5.73 Å². The molecule has 0 aliphatic carbocycles. The molecule has 0 spiro atoms. The number of nitrogens with two attached hydrogens (primary N) is 1. The van der Waals surface area contributed by atoms with E-state index in [2.05, 4.69) is 5.32 Å². The maximum absolute atomic E-state index is 13.4. The van der Waals surface area contributed by atoms with Crippen molar-refractivity contribution in [3.05, 3.63) is 65.0 Å². The highest BCUT2D eigenvalue weighted by Crippen LogP contribution is 2.18. The minimum atomic E-state index is -0.566. The Hall–Kier alpha value is -2.87. The third-order valence-electron chi connectivity index (χ3n) is 2.82. The summed E-state index contributed by atoms with van der Waals surface area (Å²) in [5.41, 5.74) is 6.81. The van der Waals surface area contributed by atoms with Gasteiger partial charge in [0.1, 0.15) is 17.4 Å². The minimum Gasteiger partial charge on any atom is -0.380 e. The van der Waals surface area contributed by atoms with E-state index in [9.17, 15) is 9.18 Å². The van der Waals surface area contributed by atoms with E-state index in [1.165, 1.54) is 12.1 Å². The summed E-state index contributed by atoms with van der Waals surface area (Å²) in [5, 5.41) is 11.9. The Bertz CT molecular complexity index is 692. The quantitative estimate of drug-likeness (QED) is 0.894. The Morgan fingerprint density at radius 3 is 2.75 bits per heavy atom. The summed E-state index contributed by atoms with van der Waals surface area (Å²) in [6.07, 6.45) is 0. The van der Waals surface area contributed by atoms with Crippen molar-refractivity contribution in [1.82, 2.24) is 0 Å². The lowest BCUT2D eigenvalue weighted by Crippen LogP contribution is -2.11. The highest BCUT2D eigenvalue weighted by Gasteiger charge is 2.07. The fourth-order valence-corrected chi connectivity index (χ4v) is 1.82. The standard InChI is InChI=1S/C15H12FN3O/c16-13-5-2-6-14(12(13)8-17)19-9-10-3-1-4-11(7-10)15(18)20/h1-7,19H,9H2,(H2,18,20). The molecule has 2 rings (SSSR count). The van der Waals surface area contributed by atoms with Crippen molar-refractivity contribution in [2.45, 2.75) is 6.54 Å². The van der Waals surface area contributed by atoms with E-state index in [-0.39, 0.29) is 5.56 Å². The number of nitriles is 1. The summed E-state index contributed by atoms with van der Waals surface area (Å²) in [4.78, 5) is 11.1. The van der Waals surface area contributed by atoms with E-state index in [1.807, 2.05) is 12.1 Å². The molecule has 2 aromatic rings. The van der Waals surface area contributed by atoms with Gasteiger partial charge in [0.25, 0.3) is 0 Å². The summed E-state index contributed by atoms with van der Waals surface area (Å²) < 4.78 is 13.4. The van der Waals surface area contributed by atoms with Gasteiger partial charge in [0.05, 0.1) is 5.69 Å². The molecule has 5 heteroatoms. The van der Waals surface area contributed by atoms with Gasteiger partial charge < -0.3 is 11.1 Å². The second-order valence-electron chi connectivity index (χ2n) is 4.19. The van der Waals surface area contributed by atoms with Gasteiger partial charge in [-0.3, -0.25) is 4.79 Å². The summed E-state index contributed by atoms with van der Waals surface area (Å²) in [7, 11) is 0. The van der Waals surface area contributed by atoms with Crippen LogP contribution in [0, 0.1) is 17.1 Å². The molecule has 0 aliphatic heterocycles. The average Bonchev–Trinajstić information content (AvgIpc) is 2.45. The lowest BCUT2D eigenvalue weighted by molar-refractivity contribution is 0.1000. The average molecular weight is 269 g/mol. The number of carbonyl (C=O) groups is 1. The fourth-order valence-electron chi connectivity index (χ4n) is 1.82. The first kappa shape index (κ1) is 13.6. The number of hydrogen-bond donors (Lipinski definition) is 2. The maximum atomic E-state index is 13.4. The summed E-state index contributed by atoms with van der Waals surface area (Å²) in [5.74, 6) is -1.07. The van der Waals surface area contributed by atoms with E-state index >= 15 is 0 Å². The highest BCUT2D eigenvalue weighted by molar-refractivity contribution is 5.92. The molecule has 0 saturated heterocycles. The van der Waals surface area contributed by atoms with Crippen LogP contribution in [-0.2, 0) is 6.54 Å². The number of nitrogens with zero attached hydrogens (tertiary/aromatic N) is 1. The first-order valence-corrected chi connectivity index (χ1v) is 5.93. The molecule has 2 aromatic carbocycles. The number of halogens is 1. The second-order valence-corrected chi connectivity index (χ2v) is 4.19. The predicted octanol–water partition coefficient (Wildman–Crippen LogP) is 2.41. The van der Waals surface area contributed by atoms with Crippen molar-refractivity contribution in [3.63, 3.8) is 0 Å². The van der Waals surface area contributed by atoms with Crippen molar-refractivity contribution in [2.75, 3.05) is 5.32 Å². The van der Waals surface area contributed by atoms with Crippen molar-refractivity contribution in [1.29, 1.82) is 5.26 Å². The Balaban J connectivity index is 2.17. The van der Waals surface area contributed by atoms with Crippen LogP contribution in [0.3, 0.4) is 0 Å². The molecule has 1 amide bonds. The van der Waals surface area contributed by atoms with Crippen LogP contribution in [0.4, 0.5) is 10.1 Å². The number of carbonyl (C=O) groups excluding carboxylic acids is 1. The molecule has 0 atom stereocenters.